The standard InChI is InChI=1S/C26H38N6O3.ClH/c1-19(26(34)32-11-9-30(10-12-32)21-4-7-29(2)8-5-21)28-25(33)22-18-23-20(3-6-27-23)17-24(22)31-13-15-35-16-14-31;/h3,6,17-19,21,27H,4-5,7-16H2,1-2H3,(H,28,33);1H/t19-;/m1./s1. The van der Waals surface area contributed by atoms with Gasteiger partial charge in [-0.05, 0) is 58.1 Å². The number of benzene rings is 1. The van der Waals surface area contributed by atoms with Crippen LogP contribution in [0.1, 0.15) is 30.1 Å². The van der Waals surface area contributed by atoms with E-state index in [0.29, 0.717) is 24.8 Å². The smallest absolute Gasteiger partial charge is 0.254 e. The van der Waals surface area contributed by atoms with Crippen molar-refractivity contribution in [2.75, 3.05) is 77.5 Å². The van der Waals surface area contributed by atoms with Gasteiger partial charge in [0.05, 0.1) is 24.5 Å². The van der Waals surface area contributed by atoms with Crippen molar-refractivity contribution in [3.8, 4) is 0 Å². The number of nitrogens with zero attached hydrogens (tertiary/aromatic N) is 4. The number of ether oxygens (including phenoxy) is 1. The van der Waals surface area contributed by atoms with E-state index in [1.54, 1.807) is 6.92 Å². The molecular weight excluding hydrogens is 480 g/mol. The molecule has 5 rings (SSSR count). The number of carbonyl (C=O) groups excluding carboxylic acids is 2. The van der Waals surface area contributed by atoms with Crippen LogP contribution in [0.25, 0.3) is 10.9 Å². The second kappa shape index (κ2) is 11.8. The van der Waals surface area contributed by atoms with Crippen molar-refractivity contribution in [1.82, 2.24) is 25.0 Å². The van der Waals surface area contributed by atoms with E-state index in [0.717, 1.165) is 68.9 Å². The summed E-state index contributed by atoms with van der Waals surface area (Å²) in [5.74, 6) is -0.218. The van der Waals surface area contributed by atoms with E-state index in [1.165, 1.54) is 12.8 Å². The number of fused-ring (bicyclic) bond motifs is 1. The van der Waals surface area contributed by atoms with Gasteiger partial charge >= 0.3 is 0 Å². The number of anilines is 1. The van der Waals surface area contributed by atoms with Crippen molar-refractivity contribution in [1.29, 1.82) is 0 Å². The Labute approximate surface area is 219 Å². The van der Waals surface area contributed by atoms with Gasteiger partial charge in [-0.25, -0.2) is 0 Å². The van der Waals surface area contributed by atoms with Gasteiger partial charge in [0.25, 0.3) is 5.91 Å². The van der Waals surface area contributed by atoms with Crippen molar-refractivity contribution in [3.05, 3.63) is 30.0 Å². The Bertz CT molecular complexity index is 1040. The van der Waals surface area contributed by atoms with Crippen LogP contribution in [0.5, 0.6) is 0 Å². The molecule has 10 heteroatoms. The maximum atomic E-state index is 13.4. The zero-order valence-corrected chi connectivity index (χ0v) is 22.2. The molecule has 0 spiro atoms. The van der Waals surface area contributed by atoms with Crippen LogP contribution in [0, 0.1) is 0 Å². The van der Waals surface area contributed by atoms with Gasteiger partial charge < -0.3 is 29.7 Å². The Balaban J connectivity index is 0.00000304. The number of piperidine rings is 1. The molecule has 0 unspecified atom stereocenters. The van der Waals surface area contributed by atoms with Gasteiger partial charge in [-0.2, -0.15) is 0 Å². The van der Waals surface area contributed by atoms with E-state index >= 15 is 0 Å². The van der Waals surface area contributed by atoms with Crippen LogP contribution in [-0.2, 0) is 9.53 Å². The lowest BCUT2D eigenvalue weighted by Gasteiger charge is -2.42. The molecule has 3 aliphatic heterocycles. The maximum Gasteiger partial charge on any atom is 0.254 e. The summed E-state index contributed by atoms with van der Waals surface area (Å²) in [6, 6.07) is 6.02. The lowest BCUT2D eigenvalue weighted by molar-refractivity contribution is -0.135. The van der Waals surface area contributed by atoms with E-state index in [2.05, 4.69) is 38.1 Å². The fourth-order valence-electron chi connectivity index (χ4n) is 5.61. The highest BCUT2D eigenvalue weighted by Crippen LogP contribution is 2.28. The molecule has 0 radical (unpaired) electrons. The summed E-state index contributed by atoms with van der Waals surface area (Å²) in [6.45, 7) is 10.1. The Morgan fingerprint density at radius 1 is 1.03 bits per heavy atom. The average molecular weight is 519 g/mol. The summed E-state index contributed by atoms with van der Waals surface area (Å²) in [7, 11) is 2.18. The second-order valence-electron chi connectivity index (χ2n) is 10.1. The molecule has 2 aromatic rings. The summed E-state index contributed by atoms with van der Waals surface area (Å²) in [5, 5.41) is 4.05. The van der Waals surface area contributed by atoms with Crippen LogP contribution < -0.4 is 10.2 Å². The minimum atomic E-state index is -0.575. The first-order chi connectivity index (χ1) is 17.0. The van der Waals surface area contributed by atoms with Gasteiger partial charge in [0.2, 0.25) is 5.91 Å². The molecule has 0 saturated carbocycles. The summed E-state index contributed by atoms with van der Waals surface area (Å²) in [5.41, 5.74) is 2.40. The van der Waals surface area contributed by atoms with Crippen LogP contribution >= 0.6 is 12.4 Å². The van der Waals surface area contributed by atoms with Crippen molar-refractivity contribution in [2.45, 2.75) is 31.8 Å². The van der Waals surface area contributed by atoms with E-state index in [1.807, 2.05) is 23.2 Å². The molecule has 1 atom stereocenters. The molecule has 36 heavy (non-hydrogen) atoms. The van der Waals surface area contributed by atoms with Crippen molar-refractivity contribution < 1.29 is 14.3 Å². The third-order valence-electron chi connectivity index (χ3n) is 7.81. The number of halogens is 1. The van der Waals surface area contributed by atoms with Crippen LogP contribution in [0.4, 0.5) is 5.69 Å². The van der Waals surface area contributed by atoms with Crippen molar-refractivity contribution >= 4 is 40.8 Å². The van der Waals surface area contributed by atoms with Gasteiger partial charge in [0.15, 0.2) is 0 Å². The fourth-order valence-corrected chi connectivity index (χ4v) is 5.61. The predicted octanol–water partition coefficient (Wildman–Crippen LogP) is 1.78. The first kappa shape index (κ1) is 26.7. The van der Waals surface area contributed by atoms with E-state index < -0.39 is 6.04 Å². The van der Waals surface area contributed by atoms with Gasteiger partial charge in [-0.1, -0.05) is 0 Å². The molecule has 2 N–H and O–H groups in total. The summed E-state index contributed by atoms with van der Waals surface area (Å²) < 4.78 is 5.50. The van der Waals surface area contributed by atoms with Crippen molar-refractivity contribution in [2.24, 2.45) is 0 Å². The molecule has 3 saturated heterocycles. The monoisotopic (exact) mass is 518 g/mol. The van der Waals surface area contributed by atoms with Crippen LogP contribution in [-0.4, -0.2) is 116 Å². The van der Waals surface area contributed by atoms with Gasteiger partial charge in [0, 0.05) is 62.4 Å². The molecule has 1 aromatic carbocycles. The molecule has 0 bridgehead atoms. The topological polar surface area (TPSA) is 84.1 Å². The number of morpholine rings is 1. The zero-order valence-electron chi connectivity index (χ0n) is 21.4. The quantitative estimate of drug-likeness (QED) is 0.628. The Kier molecular flexibility index (Phi) is 8.77. The normalized spacial score (nSPS) is 21.3. The summed E-state index contributed by atoms with van der Waals surface area (Å²) in [6.07, 6.45) is 4.29. The number of rotatable bonds is 5. The second-order valence-corrected chi connectivity index (χ2v) is 10.1. The molecular formula is C26H39ClN6O3. The molecule has 4 heterocycles. The van der Waals surface area contributed by atoms with Crippen LogP contribution in [0.15, 0.2) is 24.4 Å². The molecule has 9 nitrogen and oxygen atoms in total. The number of aromatic nitrogens is 1. The highest BCUT2D eigenvalue weighted by molar-refractivity contribution is 6.05. The number of likely N-dealkylation sites (tertiary alicyclic amines) is 1. The zero-order chi connectivity index (χ0) is 24.4. The third-order valence-corrected chi connectivity index (χ3v) is 7.81. The van der Waals surface area contributed by atoms with Gasteiger partial charge in [-0.3, -0.25) is 14.5 Å². The molecule has 2 amide bonds. The lowest BCUT2D eigenvalue weighted by atomic mass is 10.0. The lowest BCUT2D eigenvalue weighted by Crippen LogP contribution is -2.57. The van der Waals surface area contributed by atoms with Crippen LogP contribution in [0.3, 0.4) is 0 Å². The highest BCUT2D eigenvalue weighted by atomic mass is 35.5. The Hall–Kier alpha value is -2.33. The third kappa shape index (κ3) is 5.80. The number of aromatic amines is 1. The summed E-state index contributed by atoms with van der Waals surface area (Å²) in [4.78, 5) is 38.8. The number of nitrogens with one attached hydrogen (secondary N) is 2. The highest BCUT2D eigenvalue weighted by Gasteiger charge is 2.31. The number of hydrogen-bond donors (Lipinski definition) is 2. The number of hydrogen-bond acceptors (Lipinski definition) is 6. The molecule has 1 aromatic heterocycles. The first-order valence-electron chi connectivity index (χ1n) is 13.0. The minimum Gasteiger partial charge on any atom is -0.378 e. The van der Waals surface area contributed by atoms with Gasteiger partial charge in [-0.15, -0.1) is 12.4 Å². The fraction of sp³-hybridized carbons (Fsp3) is 0.615. The SMILES string of the molecule is C[C@@H](NC(=O)c1cc2[nH]ccc2cc1N1CCOCC1)C(=O)N1CCN(C2CCN(C)CC2)CC1.Cl. The number of amides is 2. The Morgan fingerprint density at radius 2 is 1.72 bits per heavy atom. The predicted molar refractivity (Wildman–Crippen MR) is 144 cm³/mol. The molecule has 198 valence electrons. The first-order valence-corrected chi connectivity index (χ1v) is 13.0. The summed E-state index contributed by atoms with van der Waals surface area (Å²) >= 11 is 0. The number of carbonyl (C=O) groups is 2. The van der Waals surface area contributed by atoms with Gasteiger partial charge in [0.1, 0.15) is 6.04 Å². The average Bonchev–Trinajstić information content (AvgIpc) is 3.36. The molecule has 3 fully saturated rings. The van der Waals surface area contributed by atoms with E-state index in [-0.39, 0.29) is 24.2 Å². The van der Waals surface area contributed by atoms with E-state index in [4.69, 9.17) is 4.74 Å². The number of H-pyrrole nitrogens is 1. The van der Waals surface area contributed by atoms with E-state index in [9.17, 15) is 9.59 Å². The Morgan fingerprint density at radius 3 is 2.42 bits per heavy atom. The van der Waals surface area contributed by atoms with Crippen LogP contribution in [0.2, 0.25) is 0 Å². The number of piperazine rings is 1. The van der Waals surface area contributed by atoms with Crippen molar-refractivity contribution in [3.63, 3.8) is 0 Å². The largest absolute Gasteiger partial charge is 0.378 e. The molecule has 0 aliphatic carbocycles. The minimum absolute atomic E-state index is 0. The molecule has 3 aliphatic rings. The maximum absolute atomic E-state index is 13.4.